The van der Waals surface area contributed by atoms with E-state index in [1.54, 1.807) is 0 Å². The van der Waals surface area contributed by atoms with E-state index in [1.165, 1.54) is 6.42 Å². The van der Waals surface area contributed by atoms with Crippen molar-refractivity contribution in [2.75, 3.05) is 19.6 Å². The summed E-state index contributed by atoms with van der Waals surface area (Å²) in [6, 6.07) is 0. The smallest absolute Gasteiger partial charge is 0.00207 e. The molecule has 0 radical (unpaired) electrons. The molecule has 2 nitrogen and oxygen atoms in total. The van der Waals surface area contributed by atoms with Gasteiger partial charge in [-0.1, -0.05) is 20.8 Å². The quantitative estimate of drug-likeness (QED) is 0.573. The first-order valence-electron chi connectivity index (χ1n) is 5.09. The van der Waals surface area contributed by atoms with Gasteiger partial charge in [0.1, 0.15) is 0 Å². The third kappa shape index (κ3) is 6.62. The second-order valence-corrected chi connectivity index (χ2v) is 3.92. The fraction of sp³-hybridized carbons (Fsp3) is 1.00. The van der Waals surface area contributed by atoms with Crippen LogP contribution in [0.2, 0.25) is 0 Å². The predicted octanol–water partition coefficient (Wildman–Crippen LogP) is 1.61. The van der Waals surface area contributed by atoms with Crippen LogP contribution in [0.1, 0.15) is 33.6 Å². The SMILES string of the molecule is CC(C)C(C)CNCCCCN. The Hall–Kier alpha value is -0.0800. The van der Waals surface area contributed by atoms with E-state index >= 15 is 0 Å². The van der Waals surface area contributed by atoms with Gasteiger partial charge in [0.2, 0.25) is 0 Å². The molecule has 1 atom stereocenters. The minimum absolute atomic E-state index is 0.780. The molecule has 0 heterocycles. The van der Waals surface area contributed by atoms with Gasteiger partial charge in [0.25, 0.3) is 0 Å². The van der Waals surface area contributed by atoms with Crippen molar-refractivity contribution in [3.8, 4) is 0 Å². The molecule has 2 heteroatoms. The molecule has 0 saturated carbocycles. The highest BCUT2D eigenvalue weighted by molar-refractivity contribution is 4.60. The average molecular weight is 172 g/mol. The Morgan fingerprint density at radius 3 is 2.33 bits per heavy atom. The zero-order chi connectivity index (χ0) is 9.40. The third-order valence-corrected chi connectivity index (χ3v) is 2.41. The summed E-state index contributed by atoms with van der Waals surface area (Å²) in [5.41, 5.74) is 5.39. The van der Waals surface area contributed by atoms with Crippen molar-refractivity contribution in [1.82, 2.24) is 5.32 Å². The zero-order valence-electron chi connectivity index (χ0n) is 8.77. The van der Waals surface area contributed by atoms with Gasteiger partial charge in [-0.3, -0.25) is 0 Å². The summed E-state index contributed by atoms with van der Waals surface area (Å²) >= 11 is 0. The van der Waals surface area contributed by atoms with Crippen LogP contribution in [-0.2, 0) is 0 Å². The minimum atomic E-state index is 0.780. The maximum absolute atomic E-state index is 5.39. The Balaban J connectivity index is 3.08. The highest BCUT2D eigenvalue weighted by atomic mass is 14.9. The summed E-state index contributed by atoms with van der Waals surface area (Å²) in [5, 5.41) is 3.45. The summed E-state index contributed by atoms with van der Waals surface area (Å²) in [7, 11) is 0. The van der Waals surface area contributed by atoms with Crippen LogP contribution in [0.15, 0.2) is 0 Å². The van der Waals surface area contributed by atoms with Crippen molar-refractivity contribution >= 4 is 0 Å². The van der Waals surface area contributed by atoms with Crippen molar-refractivity contribution in [2.45, 2.75) is 33.6 Å². The van der Waals surface area contributed by atoms with E-state index in [4.69, 9.17) is 5.73 Å². The normalized spacial score (nSPS) is 13.8. The first-order chi connectivity index (χ1) is 5.68. The molecule has 0 spiro atoms. The van der Waals surface area contributed by atoms with E-state index in [0.29, 0.717) is 0 Å². The van der Waals surface area contributed by atoms with Crippen LogP contribution < -0.4 is 11.1 Å². The number of unbranched alkanes of at least 4 members (excludes halogenated alkanes) is 1. The van der Waals surface area contributed by atoms with Crippen LogP contribution in [-0.4, -0.2) is 19.6 Å². The molecule has 0 aliphatic rings. The van der Waals surface area contributed by atoms with Crippen LogP contribution in [0.4, 0.5) is 0 Å². The van der Waals surface area contributed by atoms with E-state index in [1.807, 2.05) is 0 Å². The largest absolute Gasteiger partial charge is 0.330 e. The van der Waals surface area contributed by atoms with Gasteiger partial charge in [-0.25, -0.2) is 0 Å². The summed E-state index contributed by atoms with van der Waals surface area (Å²) in [4.78, 5) is 0. The molecule has 0 aromatic carbocycles. The lowest BCUT2D eigenvalue weighted by Crippen LogP contribution is -2.25. The molecule has 0 rings (SSSR count). The Morgan fingerprint density at radius 1 is 1.17 bits per heavy atom. The first kappa shape index (κ1) is 11.9. The summed E-state index contributed by atoms with van der Waals surface area (Å²) in [6.07, 6.45) is 2.35. The van der Waals surface area contributed by atoms with Gasteiger partial charge in [0, 0.05) is 0 Å². The van der Waals surface area contributed by atoms with Crippen molar-refractivity contribution < 1.29 is 0 Å². The van der Waals surface area contributed by atoms with Crippen molar-refractivity contribution in [1.29, 1.82) is 0 Å². The second kappa shape index (κ2) is 7.56. The maximum Gasteiger partial charge on any atom is -0.00207 e. The molecular weight excluding hydrogens is 148 g/mol. The maximum atomic E-state index is 5.39. The fourth-order valence-electron chi connectivity index (χ4n) is 0.960. The average Bonchev–Trinajstić information content (AvgIpc) is 2.03. The number of nitrogens with two attached hydrogens (primary N) is 1. The molecule has 12 heavy (non-hydrogen) atoms. The molecule has 3 N–H and O–H groups in total. The fourth-order valence-corrected chi connectivity index (χ4v) is 0.960. The molecule has 74 valence electrons. The molecule has 0 aromatic rings. The standard InChI is InChI=1S/C10H24N2/c1-9(2)10(3)8-12-7-5-4-6-11/h9-10,12H,4-8,11H2,1-3H3. The Bertz CT molecular complexity index is 91.8. The van der Waals surface area contributed by atoms with E-state index in [0.717, 1.165) is 37.9 Å². The predicted molar refractivity (Wildman–Crippen MR) is 55.2 cm³/mol. The van der Waals surface area contributed by atoms with Gasteiger partial charge in [-0.2, -0.15) is 0 Å². The highest BCUT2D eigenvalue weighted by Gasteiger charge is 2.04. The Kier molecular flexibility index (Phi) is 7.51. The van der Waals surface area contributed by atoms with Crippen LogP contribution >= 0.6 is 0 Å². The molecular formula is C10H24N2. The van der Waals surface area contributed by atoms with E-state index < -0.39 is 0 Å². The second-order valence-electron chi connectivity index (χ2n) is 3.92. The Morgan fingerprint density at radius 2 is 1.83 bits per heavy atom. The summed E-state index contributed by atoms with van der Waals surface area (Å²) in [6.45, 7) is 9.91. The van der Waals surface area contributed by atoms with Crippen molar-refractivity contribution in [3.63, 3.8) is 0 Å². The summed E-state index contributed by atoms with van der Waals surface area (Å²) in [5.74, 6) is 1.56. The van der Waals surface area contributed by atoms with Crippen LogP contribution in [0.25, 0.3) is 0 Å². The Labute approximate surface area is 76.9 Å². The van der Waals surface area contributed by atoms with Gasteiger partial charge in [0.15, 0.2) is 0 Å². The number of hydrogen-bond donors (Lipinski definition) is 2. The molecule has 0 aliphatic carbocycles. The molecule has 0 saturated heterocycles. The van der Waals surface area contributed by atoms with Crippen molar-refractivity contribution in [3.05, 3.63) is 0 Å². The molecule has 0 aromatic heterocycles. The number of hydrogen-bond acceptors (Lipinski definition) is 2. The summed E-state index contributed by atoms with van der Waals surface area (Å²) < 4.78 is 0. The lowest BCUT2D eigenvalue weighted by Gasteiger charge is -2.15. The van der Waals surface area contributed by atoms with Crippen LogP contribution in [0.3, 0.4) is 0 Å². The van der Waals surface area contributed by atoms with Gasteiger partial charge in [-0.05, 0) is 44.3 Å². The zero-order valence-corrected chi connectivity index (χ0v) is 8.77. The molecule has 0 amide bonds. The number of rotatable bonds is 7. The molecule has 1 unspecified atom stereocenters. The first-order valence-corrected chi connectivity index (χ1v) is 5.09. The molecule has 0 aliphatic heterocycles. The third-order valence-electron chi connectivity index (χ3n) is 2.41. The lowest BCUT2D eigenvalue weighted by molar-refractivity contribution is 0.391. The topological polar surface area (TPSA) is 38.0 Å². The van der Waals surface area contributed by atoms with Gasteiger partial charge < -0.3 is 11.1 Å². The van der Waals surface area contributed by atoms with Crippen LogP contribution in [0, 0.1) is 11.8 Å². The van der Waals surface area contributed by atoms with E-state index in [9.17, 15) is 0 Å². The van der Waals surface area contributed by atoms with Gasteiger partial charge in [-0.15, -0.1) is 0 Å². The molecule has 0 bridgehead atoms. The molecule has 0 fully saturated rings. The van der Waals surface area contributed by atoms with E-state index in [2.05, 4.69) is 26.1 Å². The lowest BCUT2D eigenvalue weighted by atomic mass is 9.98. The van der Waals surface area contributed by atoms with Crippen molar-refractivity contribution in [2.24, 2.45) is 17.6 Å². The van der Waals surface area contributed by atoms with Gasteiger partial charge >= 0.3 is 0 Å². The van der Waals surface area contributed by atoms with E-state index in [-0.39, 0.29) is 0 Å². The minimum Gasteiger partial charge on any atom is -0.330 e. The van der Waals surface area contributed by atoms with Crippen LogP contribution in [0.5, 0.6) is 0 Å². The highest BCUT2D eigenvalue weighted by Crippen LogP contribution is 2.07. The van der Waals surface area contributed by atoms with Gasteiger partial charge in [0.05, 0.1) is 0 Å². The number of nitrogens with one attached hydrogen (secondary N) is 1. The monoisotopic (exact) mass is 172 g/mol.